The zero-order valence-electron chi connectivity index (χ0n) is 9.80. The standard InChI is InChI=1S/C15H18/c1-4-6-13-9-10-14-11(2)7-5-8-12(3)15(13)14/h5,7-10H,4,6H2,1-3H3. The maximum Gasteiger partial charge on any atom is -0.0120 e. The highest BCUT2D eigenvalue weighted by atomic mass is 14.2. The van der Waals surface area contributed by atoms with Gasteiger partial charge >= 0.3 is 0 Å². The van der Waals surface area contributed by atoms with Crippen LogP contribution in [0.2, 0.25) is 0 Å². The zero-order valence-corrected chi connectivity index (χ0v) is 9.80. The van der Waals surface area contributed by atoms with Crippen molar-refractivity contribution in [3.05, 3.63) is 47.0 Å². The predicted octanol–water partition coefficient (Wildman–Crippen LogP) is 4.36. The van der Waals surface area contributed by atoms with Crippen LogP contribution in [0.5, 0.6) is 0 Å². The normalized spacial score (nSPS) is 10.9. The van der Waals surface area contributed by atoms with Gasteiger partial charge in [0.1, 0.15) is 0 Å². The molecule has 15 heavy (non-hydrogen) atoms. The monoisotopic (exact) mass is 198 g/mol. The van der Waals surface area contributed by atoms with E-state index < -0.39 is 0 Å². The maximum absolute atomic E-state index is 2.29. The van der Waals surface area contributed by atoms with Crippen molar-refractivity contribution in [3.8, 4) is 11.1 Å². The molecule has 2 rings (SSSR count). The van der Waals surface area contributed by atoms with Gasteiger partial charge < -0.3 is 0 Å². The lowest BCUT2D eigenvalue weighted by Crippen LogP contribution is -1.85. The van der Waals surface area contributed by atoms with Gasteiger partial charge in [0.05, 0.1) is 0 Å². The van der Waals surface area contributed by atoms with E-state index in [1.807, 2.05) is 0 Å². The Morgan fingerprint density at radius 2 is 1.67 bits per heavy atom. The first-order chi connectivity index (χ1) is 7.24. The Kier molecular flexibility index (Phi) is 2.77. The third-order valence-corrected chi connectivity index (χ3v) is 3.07. The molecule has 0 saturated heterocycles. The molecule has 0 bridgehead atoms. The van der Waals surface area contributed by atoms with Gasteiger partial charge in [-0.05, 0) is 48.1 Å². The minimum Gasteiger partial charge on any atom is -0.0651 e. The molecule has 0 aliphatic heterocycles. The van der Waals surface area contributed by atoms with Crippen LogP contribution in [0.4, 0.5) is 0 Å². The van der Waals surface area contributed by atoms with Crippen LogP contribution in [0.25, 0.3) is 11.1 Å². The second-order valence-electron chi connectivity index (χ2n) is 4.29. The fraction of sp³-hybridized carbons (Fsp3) is 0.333. The molecule has 0 amide bonds. The van der Waals surface area contributed by atoms with E-state index in [2.05, 4.69) is 51.1 Å². The number of fused-ring (bicyclic) bond motifs is 1. The van der Waals surface area contributed by atoms with E-state index in [9.17, 15) is 0 Å². The summed E-state index contributed by atoms with van der Waals surface area (Å²) in [5.41, 5.74) is 7.16. The molecule has 0 spiro atoms. The van der Waals surface area contributed by atoms with Crippen LogP contribution < -0.4 is 0 Å². The summed E-state index contributed by atoms with van der Waals surface area (Å²) in [7, 11) is 0. The highest BCUT2D eigenvalue weighted by Gasteiger charge is 2.11. The minimum atomic E-state index is 1.19. The van der Waals surface area contributed by atoms with Gasteiger partial charge in [0.25, 0.3) is 0 Å². The van der Waals surface area contributed by atoms with Crippen LogP contribution in [0.1, 0.15) is 30.0 Å². The van der Waals surface area contributed by atoms with Gasteiger partial charge in [0.2, 0.25) is 0 Å². The van der Waals surface area contributed by atoms with Crippen molar-refractivity contribution in [1.82, 2.24) is 0 Å². The topological polar surface area (TPSA) is 0 Å². The van der Waals surface area contributed by atoms with E-state index in [0.29, 0.717) is 0 Å². The molecule has 0 aromatic carbocycles. The lowest BCUT2D eigenvalue weighted by molar-refractivity contribution is 0.926. The maximum atomic E-state index is 2.29. The third-order valence-electron chi connectivity index (χ3n) is 3.07. The summed E-state index contributed by atoms with van der Waals surface area (Å²) in [6.45, 7) is 6.64. The van der Waals surface area contributed by atoms with Crippen LogP contribution in [-0.2, 0) is 6.42 Å². The van der Waals surface area contributed by atoms with Crippen LogP contribution in [-0.4, -0.2) is 0 Å². The molecule has 0 saturated carbocycles. The fourth-order valence-electron chi connectivity index (χ4n) is 2.31. The summed E-state index contributed by atoms with van der Waals surface area (Å²) in [6.07, 6.45) is 2.41. The molecule has 0 fully saturated rings. The van der Waals surface area contributed by atoms with Gasteiger partial charge in [-0.2, -0.15) is 0 Å². The van der Waals surface area contributed by atoms with Gasteiger partial charge in [0, 0.05) is 0 Å². The van der Waals surface area contributed by atoms with E-state index in [1.165, 1.54) is 40.7 Å². The first kappa shape index (κ1) is 10.2. The Balaban J connectivity index is 2.65. The minimum absolute atomic E-state index is 1.19. The molecular formula is C15H18. The van der Waals surface area contributed by atoms with E-state index in [4.69, 9.17) is 0 Å². The first-order valence-corrected chi connectivity index (χ1v) is 5.72. The van der Waals surface area contributed by atoms with E-state index >= 15 is 0 Å². The molecule has 0 unspecified atom stereocenters. The van der Waals surface area contributed by atoms with Crippen LogP contribution >= 0.6 is 0 Å². The molecule has 0 radical (unpaired) electrons. The van der Waals surface area contributed by atoms with Gasteiger partial charge in [-0.25, -0.2) is 0 Å². The SMILES string of the molecule is CCCc1ccc2c(C)cccc(C)c1-2. The van der Waals surface area contributed by atoms with E-state index in [-0.39, 0.29) is 0 Å². The third kappa shape index (κ3) is 1.77. The first-order valence-electron chi connectivity index (χ1n) is 5.72. The Bertz CT molecular complexity index is 440. The van der Waals surface area contributed by atoms with Gasteiger partial charge in [0.15, 0.2) is 0 Å². The summed E-state index contributed by atoms with van der Waals surface area (Å²) < 4.78 is 0. The van der Waals surface area contributed by atoms with Crippen molar-refractivity contribution in [3.63, 3.8) is 0 Å². The lowest BCUT2D eigenvalue weighted by Gasteiger charge is -2.05. The van der Waals surface area contributed by atoms with Crippen molar-refractivity contribution in [2.45, 2.75) is 33.6 Å². The smallest absolute Gasteiger partial charge is 0.0120 e. The summed E-state index contributed by atoms with van der Waals surface area (Å²) in [5.74, 6) is 0. The van der Waals surface area contributed by atoms with Crippen LogP contribution in [0.15, 0.2) is 30.3 Å². The summed E-state index contributed by atoms with van der Waals surface area (Å²) >= 11 is 0. The molecule has 0 heteroatoms. The molecule has 78 valence electrons. The average molecular weight is 198 g/mol. The highest BCUT2D eigenvalue weighted by molar-refractivity contribution is 5.76. The molecular weight excluding hydrogens is 180 g/mol. The molecule has 2 aliphatic carbocycles. The zero-order chi connectivity index (χ0) is 10.8. The Morgan fingerprint density at radius 3 is 2.40 bits per heavy atom. The van der Waals surface area contributed by atoms with Crippen LogP contribution in [0, 0.1) is 13.8 Å². The number of aryl methyl sites for hydroxylation is 3. The molecule has 0 aromatic rings. The molecule has 0 nitrogen and oxygen atoms in total. The largest absolute Gasteiger partial charge is 0.0651 e. The number of hydrogen-bond donors (Lipinski definition) is 0. The van der Waals surface area contributed by atoms with Gasteiger partial charge in [-0.3, -0.25) is 0 Å². The van der Waals surface area contributed by atoms with Crippen molar-refractivity contribution in [2.75, 3.05) is 0 Å². The highest BCUT2D eigenvalue weighted by Crippen LogP contribution is 2.33. The Hall–Kier alpha value is -1.30. The average Bonchev–Trinajstić information content (AvgIpc) is 2.56. The second-order valence-corrected chi connectivity index (χ2v) is 4.29. The summed E-state index contributed by atoms with van der Waals surface area (Å²) in [6, 6.07) is 11.1. The summed E-state index contributed by atoms with van der Waals surface area (Å²) in [4.78, 5) is 0. The van der Waals surface area contributed by atoms with Gasteiger partial charge in [-0.15, -0.1) is 0 Å². The van der Waals surface area contributed by atoms with E-state index in [0.717, 1.165) is 0 Å². The molecule has 0 atom stereocenters. The van der Waals surface area contributed by atoms with E-state index in [1.54, 1.807) is 0 Å². The molecule has 2 aliphatic rings. The predicted molar refractivity (Wildman–Crippen MR) is 66.5 cm³/mol. The molecule has 0 heterocycles. The Morgan fingerprint density at radius 1 is 0.933 bits per heavy atom. The van der Waals surface area contributed by atoms with Crippen molar-refractivity contribution in [2.24, 2.45) is 0 Å². The summed E-state index contributed by atoms with van der Waals surface area (Å²) in [5, 5.41) is 0. The second kappa shape index (κ2) is 4.06. The fourth-order valence-corrected chi connectivity index (χ4v) is 2.31. The molecule has 0 N–H and O–H groups in total. The number of hydrogen-bond acceptors (Lipinski definition) is 0. The van der Waals surface area contributed by atoms with Crippen molar-refractivity contribution < 1.29 is 0 Å². The molecule has 0 aromatic heterocycles. The quantitative estimate of drug-likeness (QED) is 0.672. The lowest BCUT2D eigenvalue weighted by atomic mass is 10.00. The van der Waals surface area contributed by atoms with Gasteiger partial charge in [-0.1, -0.05) is 43.7 Å². The van der Waals surface area contributed by atoms with Crippen molar-refractivity contribution in [1.29, 1.82) is 0 Å². The number of rotatable bonds is 2. The van der Waals surface area contributed by atoms with Crippen molar-refractivity contribution >= 4 is 0 Å². The Labute approximate surface area is 92.3 Å². The van der Waals surface area contributed by atoms with Crippen LogP contribution in [0.3, 0.4) is 0 Å².